The van der Waals surface area contributed by atoms with Crippen molar-refractivity contribution in [2.24, 2.45) is 5.92 Å². The van der Waals surface area contributed by atoms with Gasteiger partial charge in [-0.3, -0.25) is 10.1 Å². The predicted octanol–water partition coefficient (Wildman–Crippen LogP) is 0.653. The summed E-state index contributed by atoms with van der Waals surface area (Å²) in [6.45, 7) is 0.186. The van der Waals surface area contributed by atoms with Gasteiger partial charge in [-0.1, -0.05) is 0 Å². The quantitative estimate of drug-likeness (QED) is 0.587. The Kier molecular flexibility index (Phi) is 4.45. The Balaban J connectivity index is 2.21. The van der Waals surface area contributed by atoms with Crippen LogP contribution in [0.4, 0.5) is 5.69 Å². The third-order valence-corrected chi connectivity index (χ3v) is 4.87. The maximum absolute atomic E-state index is 12.2. The van der Waals surface area contributed by atoms with Crippen molar-refractivity contribution < 1.29 is 23.2 Å². The molecule has 0 amide bonds. The van der Waals surface area contributed by atoms with Crippen LogP contribution in [0.15, 0.2) is 23.1 Å². The standard InChI is InChI=1S/C12H16N2O6S/c1-20-11-3-2-9(14(16)17)6-12(11)21(18,19)13-7-8-4-10(15)5-8/h2-3,6,8,10,13,15H,4-5,7H2,1H3. The number of methoxy groups -OCH3 is 1. The molecule has 1 aromatic rings. The molecule has 9 heteroatoms. The summed E-state index contributed by atoms with van der Waals surface area (Å²) in [7, 11) is -2.61. The number of nitrogens with one attached hydrogen (secondary N) is 1. The number of ether oxygens (including phenoxy) is 1. The van der Waals surface area contributed by atoms with E-state index in [4.69, 9.17) is 4.74 Å². The molecule has 0 spiro atoms. The zero-order valence-corrected chi connectivity index (χ0v) is 12.2. The van der Waals surface area contributed by atoms with Crippen LogP contribution in [0.1, 0.15) is 12.8 Å². The predicted molar refractivity (Wildman–Crippen MR) is 73.6 cm³/mol. The first kappa shape index (κ1) is 15.7. The van der Waals surface area contributed by atoms with Gasteiger partial charge < -0.3 is 9.84 Å². The molecule has 0 unspecified atom stereocenters. The zero-order chi connectivity index (χ0) is 15.6. The van der Waals surface area contributed by atoms with Crippen LogP contribution >= 0.6 is 0 Å². The number of sulfonamides is 1. The van der Waals surface area contributed by atoms with Crippen LogP contribution in [-0.4, -0.2) is 38.2 Å². The third kappa shape index (κ3) is 3.49. The van der Waals surface area contributed by atoms with Gasteiger partial charge in [0.05, 0.1) is 18.1 Å². The fraction of sp³-hybridized carbons (Fsp3) is 0.500. The van der Waals surface area contributed by atoms with Gasteiger partial charge in [0.2, 0.25) is 10.0 Å². The number of nitro benzene ring substituents is 1. The Morgan fingerprint density at radius 1 is 1.48 bits per heavy atom. The summed E-state index contributed by atoms with van der Waals surface area (Å²) in [5.41, 5.74) is -0.324. The van der Waals surface area contributed by atoms with Gasteiger partial charge in [-0.05, 0) is 24.8 Å². The van der Waals surface area contributed by atoms with E-state index in [-0.39, 0.29) is 34.9 Å². The number of aliphatic hydroxyl groups is 1. The highest BCUT2D eigenvalue weighted by Crippen LogP contribution is 2.30. The number of nitro groups is 1. The van der Waals surface area contributed by atoms with Crippen LogP contribution in [-0.2, 0) is 10.0 Å². The topological polar surface area (TPSA) is 119 Å². The molecule has 0 saturated heterocycles. The van der Waals surface area contributed by atoms with Gasteiger partial charge in [-0.15, -0.1) is 0 Å². The Bertz CT molecular complexity index is 639. The van der Waals surface area contributed by atoms with E-state index in [1.54, 1.807) is 0 Å². The van der Waals surface area contributed by atoms with Gasteiger partial charge in [0, 0.05) is 18.7 Å². The summed E-state index contributed by atoms with van der Waals surface area (Å²) in [5.74, 6) is 0.126. The Morgan fingerprint density at radius 3 is 2.67 bits per heavy atom. The lowest BCUT2D eigenvalue weighted by atomic mass is 9.83. The second kappa shape index (κ2) is 5.96. The molecule has 2 rings (SSSR count). The van der Waals surface area contributed by atoms with Crippen molar-refractivity contribution in [1.82, 2.24) is 4.72 Å². The van der Waals surface area contributed by atoms with Gasteiger partial charge >= 0.3 is 0 Å². The number of hydrogen-bond acceptors (Lipinski definition) is 6. The highest BCUT2D eigenvalue weighted by molar-refractivity contribution is 7.89. The van der Waals surface area contributed by atoms with Crippen LogP contribution in [0.2, 0.25) is 0 Å². The molecule has 8 nitrogen and oxygen atoms in total. The summed E-state index contributed by atoms with van der Waals surface area (Å²) in [4.78, 5) is 9.83. The Morgan fingerprint density at radius 2 is 2.14 bits per heavy atom. The van der Waals surface area contributed by atoms with Crippen molar-refractivity contribution in [3.8, 4) is 5.75 Å². The molecule has 1 fully saturated rings. The zero-order valence-electron chi connectivity index (χ0n) is 11.4. The average Bonchev–Trinajstić information content (AvgIpc) is 2.41. The molecule has 1 aliphatic rings. The molecule has 0 bridgehead atoms. The summed E-state index contributed by atoms with van der Waals surface area (Å²) >= 11 is 0. The minimum atomic E-state index is -3.91. The van der Waals surface area contributed by atoms with Gasteiger partial charge in [-0.2, -0.15) is 0 Å². The molecular formula is C12H16N2O6S. The van der Waals surface area contributed by atoms with E-state index in [0.29, 0.717) is 12.8 Å². The smallest absolute Gasteiger partial charge is 0.271 e. The lowest BCUT2D eigenvalue weighted by Crippen LogP contribution is -2.38. The van der Waals surface area contributed by atoms with Crippen LogP contribution < -0.4 is 9.46 Å². The summed E-state index contributed by atoms with van der Waals surface area (Å²) < 4.78 is 31.8. The molecule has 1 saturated carbocycles. The summed E-state index contributed by atoms with van der Waals surface area (Å²) in [6, 6.07) is 3.40. The summed E-state index contributed by atoms with van der Waals surface area (Å²) in [5, 5.41) is 19.9. The highest BCUT2D eigenvalue weighted by atomic mass is 32.2. The van der Waals surface area contributed by atoms with Crippen molar-refractivity contribution in [2.75, 3.05) is 13.7 Å². The first-order chi connectivity index (χ1) is 9.83. The molecule has 0 aliphatic heterocycles. The monoisotopic (exact) mass is 316 g/mol. The lowest BCUT2D eigenvalue weighted by Gasteiger charge is -2.31. The second-order valence-electron chi connectivity index (χ2n) is 4.94. The van der Waals surface area contributed by atoms with E-state index in [0.717, 1.165) is 6.07 Å². The van der Waals surface area contributed by atoms with E-state index in [2.05, 4.69) is 4.72 Å². The average molecular weight is 316 g/mol. The molecule has 1 aliphatic carbocycles. The maximum atomic E-state index is 12.2. The van der Waals surface area contributed by atoms with Crippen molar-refractivity contribution in [3.63, 3.8) is 0 Å². The van der Waals surface area contributed by atoms with Gasteiger partial charge in [0.15, 0.2) is 0 Å². The number of benzene rings is 1. The number of aliphatic hydroxyl groups excluding tert-OH is 1. The molecule has 1 aromatic carbocycles. The van der Waals surface area contributed by atoms with E-state index in [1.807, 2.05) is 0 Å². The maximum Gasteiger partial charge on any atom is 0.271 e. The Hall–Kier alpha value is -1.71. The molecule has 0 radical (unpaired) electrons. The fourth-order valence-electron chi connectivity index (χ4n) is 2.16. The van der Waals surface area contributed by atoms with Crippen LogP contribution in [0.5, 0.6) is 5.75 Å². The number of nitrogens with zero attached hydrogens (tertiary/aromatic N) is 1. The molecule has 2 N–H and O–H groups in total. The van der Waals surface area contributed by atoms with E-state index >= 15 is 0 Å². The first-order valence-electron chi connectivity index (χ1n) is 6.33. The van der Waals surface area contributed by atoms with E-state index < -0.39 is 14.9 Å². The number of rotatable bonds is 6. The normalized spacial score (nSPS) is 21.6. The van der Waals surface area contributed by atoms with E-state index in [9.17, 15) is 23.6 Å². The van der Waals surface area contributed by atoms with Crippen molar-refractivity contribution >= 4 is 15.7 Å². The molecule has 116 valence electrons. The van der Waals surface area contributed by atoms with Crippen LogP contribution in [0.25, 0.3) is 0 Å². The largest absolute Gasteiger partial charge is 0.495 e. The van der Waals surface area contributed by atoms with Crippen LogP contribution in [0, 0.1) is 16.0 Å². The minimum absolute atomic E-state index is 0.0433. The summed E-state index contributed by atoms with van der Waals surface area (Å²) in [6.07, 6.45) is 0.732. The van der Waals surface area contributed by atoms with Gasteiger partial charge in [0.25, 0.3) is 5.69 Å². The number of hydrogen-bond donors (Lipinski definition) is 2. The second-order valence-corrected chi connectivity index (χ2v) is 6.67. The van der Waals surface area contributed by atoms with Crippen molar-refractivity contribution in [3.05, 3.63) is 28.3 Å². The molecule has 0 aromatic heterocycles. The highest BCUT2D eigenvalue weighted by Gasteiger charge is 2.30. The molecule has 0 heterocycles. The minimum Gasteiger partial charge on any atom is -0.495 e. The van der Waals surface area contributed by atoms with Crippen molar-refractivity contribution in [1.29, 1.82) is 0 Å². The third-order valence-electron chi connectivity index (χ3n) is 3.42. The molecule has 0 atom stereocenters. The SMILES string of the molecule is COc1ccc([N+](=O)[O-])cc1S(=O)(=O)NCC1CC(O)C1. The Labute approximate surface area is 121 Å². The number of non-ortho nitro benzene ring substituents is 1. The lowest BCUT2D eigenvalue weighted by molar-refractivity contribution is -0.385. The van der Waals surface area contributed by atoms with Gasteiger partial charge in [-0.25, -0.2) is 13.1 Å². The van der Waals surface area contributed by atoms with E-state index in [1.165, 1.54) is 19.2 Å². The first-order valence-corrected chi connectivity index (χ1v) is 7.82. The molecular weight excluding hydrogens is 300 g/mol. The molecule has 21 heavy (non-hydrogen) atoms. The van der Waals surface area contributed by atoms with Crippen molar-refractivity contribution in [2.45, 2.75) is 23.8 Å². The fourth-order valence-corrected chi connectivity index (χ4v) is 3.46. The van der Waals surface area contributed by atoms with Crippen LogP contribution in [0.3, 0.4) is 0 Å². The van der Waals surface area contributed by atoms with Gasteiger partial charge in [0.1, 0.15) is 10.6 Å².